The summed E-state index contributed by atoms with van der Waals surface area (Å²) in [6.45, 7) is 0.772. The highest BCUT2D eigenvalue weighted by atomic mass is 16.4. The summed E-state index contributed by atoms with van der Waals surface area (Å²) < 4.78 is 0. The summed E-state index contributed by atoms with van der Waals surface area (Å²) in [5.74, 6) is -1.25. The van der Waals surface area contributed by atoms with Crippen LogP contribution in [0.25, 0.3) is 0 Å². The molecule has 0 saturated heterocycles. The summed E-state index contributed by atoms with van der Waals surface area (Å²) in [6.07, 6.45) is 1.75. The highest BCUT2D eigenvalue weighted by molar-refractivity contribution is 6.00. The Morgan fingerprint density at radius 3 is 2.58 bits per heavy atom. The molecule has 2 rings (SSSR count). The number of aliphatic carboxylic acids is 1. The molecule has 1 saturated carbocycles. The molecule has 0 aromatic heterocycles. The van der Waals surface area contributed by atoms with Crippen LogP contribution in [0.2, 0.25) is 0 Å². The molecule has 0 heterocycles. The van der Waals surface area contributed by atoms with Crippen molar-refractivity contribution in [3.05, 3.63) is 35.4 Å². The van der Waals surface area contributed by atoms with Crippen LogP contribution in [-0.4, -0.2) is 36.1 Å². The first kappa shape index (κ1) is 13.5. The Morgan fingerprint density at radius 1 is 1.32 bits per heavy atom. The van der Waals surface area contributed by atoms with E-state index in [-0.39, 0.29) is 5.91 Å². The lowest BCUT2D eigenvalue weighted by atomic mass is 10.0. The molecule has 1 amide bonds. The van der Waals surface area contributed by atoms with E-state index in [1.165, 1.54) is 0 Å². The van der Waals surface area contributed by atoms with Gasteiger partial charge in [0.05, 0.1) is 0 Å². The van der Waals surface area contributed by atoms with Gasteiger partial charge >= 0.3 is 5.97 Å². The number of carbonyl (C=O) groups excluding carboxylic acids is 1. The fraction of sp³-hybridized carbons (Fsp3) is 0.429. The SMILES string of the molecule is CNCCc1ccccc1C(=O)NC1(C(=O)O)CC1. The van der Waals surface area contributed by atoms with Crippen molar-refractivity contribution in [3.8, 4) is 0 Å². The van der Waals surface area contributed by atoms with Crippen molar-refractivity contribution < 1.29 is 14.7 Å². The Morgan fingerprint density at radius 2 is 2.00 bits per heavy atom. The molecule has 3 N–H and O–H groups in total. The van der Waals surface area contributed by atoms with Gasteiger partial charge in [-0.2, -0.15) is 0 Å². The Kier molecular flexibility index (Phi) is 3.85. The molecule has 1 aliphatic rings. The molecule has 0 spiro atoms. The normalized spacial score (nSPS) is 15.8. The lowest BCUT2D eigenvalue weighted by Gasteiger charge is -2.14. The highest BCUT2D eigenvalue weighted by Crippen LogP contribution is 2.35. The average molecular weight is 262 g/mol. The molecule has 19 heavy (non-hydrogen) atoms. The Labute approximate surface area is 112 Å². The molecule has 0 radical (unpaired) electrons. The molecule has 5 heteroatoms. The van der Waals surface area contributed by atoms with Crippen LogP contribution in [0.5, 0.6) is 0 Å². The van der Waals surface area contributed by atoms with Crippen molar-refractivity contribution >= 4 is 11.9 Å². The predicted octanol–water partition coefficient (Wildman–Crippen LogP) is 0.795. The van der Waals surface area contributed by atoms with E-state index in [9.17, 15) is 9.59 Å². The molecule has 0 aliphatic heterocycles. The molecule has 0 unspecified atom stereocenters. The number of carbonyl (C=O) groups is 2. The van der Waals surface area contributed by atoms with Gasteiger partial charge in [0.15, 0.2) is 0 Å². The van der Waals surface area contributed by atoms with Crippen LogP contribution >= 0.6 is 0 Å². The van der Waals surface area contributed by atoms with Crippen LogP contribution in [0.15, 0.2) is 24.3 Å². The predicted molar refractivity (Wildman–Crippen MR) is 71.1 cm³/mol. The number of rotatable bonds is 6. The number of amides is 1. The van der Waals surface area contributed by atoms with Crippen molar-refractivity contribution in [3.63, 3.8) is 0 Å². The van der Waals surface area contributed by atoms with Crippen LogP contribution in [0.4, 0.5) is 0 Å². The first-order valence-electron chi connectivity index (χ1n) is 6.37. The molecule has 102 valence electrons. The van der Waals surface area contributed by atoms with E-state index in [0.717, 1.165) is 18.5 Å². The summed E-state index contributed by atoms with van der Waals surface area (Å²) in [7, 11) is 1.85. The van der Waals surface area contributed by atoms with Gasteiger partial charge in [-0.15, -0.1) is 0 Å². The molecule has 1 aromatic rings. The third kappa shape index (κ3) is 2.93. The van der Waals surface area contributed by atoms with Crippen molar-refractivity contribution in [2.75, 3.05) is 13.6 Å². The maximum atomic E-state index is 12.2. The van der Waals surface area contributed by atoms with Crippen molar-refractivity contribution in [2.45, 2.75) is 24.8 Å². The quantitative estimate of drug-likeness (QED) is 0.708. The summed E-state index contributed by atoms with van der Waals surface area (Å²) >= 11 is 0. The van der Waals surface area contributed by atoms with Crippen LogP contribution < -0.4 is 10.6 Å². The van der Waals surface area contributed by atoms with Crippen LogP contribution in [0.3, 0.4) is 0 Å². The first-order chi connectivity index (χ1) is 9.09. The van der Waals surface area contributed by atoms with Crippen LogP contribution in [-0.2, 0) is 11.2 Å². The zero-order valence-corrected chi connectivity index (χ0v) is 10.9. The van der Waals surface area contributed by atoms with Gasteiger partial charge in [0.1, 0.15) is 5.54 Å². The average Bonchev–Trinajstić information content (AvgIpc) is 3.17. The third-order valence-electron chi connectivity index (χ3n) is 3.42. The Balaban J connectivity index is 2.13. The lowest BCUT2D eigenvalue weighted by molar-refractivity contribution is -0.140. The highest BCUT2D eigenvalue weighted by Gasteiger charge is 2.51. The molecule has 0 atom stereocenters. The van der Waals surface area contributed by atoms with Gasteiger partial charge < -0.3 is 15.7 Å². The minimum Gasteiger partial charge on any atom is -0.480 e. The lowest BCUT2D eigenvalue weighted by Crippen LogP contribution is -2.43. The van der Waals surface area contributed by atoms with Gasteiger partial charge in [-0.1, -0.05) is 18.2 Å². The molecule has 1 aromatic carbocycles. The van der Waals surface area contributed by atoms with E-state index in [4.69, 9.17) is 5.11 Å². The molecule has 5 nitrogen and oxygen atoms in total. The first-order valence-corrected chi connectivity index (χ1v) is 6.37. The number of carboxylic acid groups (broad SMARTS) is 1. The van der Waals surface area contributed by atoms with E-state index in [1.807, 2.05) is 19.2 Å². The summed E-state index contributed by atoms with van der Waals surface area (Å²) in [5, 5.41) is 14.8. The fourth-order valence-electron chi connectivity index (χ4n) is 2.02. The topological polar surface area (TPSA) is 78.4 Å². The Hall–Kier alpha value is -1.88. The van der Waals surface area contributed by atoms with E-state index in [1.54, 1.807) is 12.1 Å². The zero-order valence-electron chi connectivity index (χ0n) is 10.9. The summed E-state index contributed by atoms with van der Waals surface area (Å²) in [6, 6.07) is 7.30. The standard InChI is InChI=1S/C14H18N2O3/c1-15-9-6-10-4-2-3-5-11(10)12(17)16-14(7-8-14)13(18)19/h2-5,15H,6-9H2,1H3,(H,16,17)(H,18,19). The number of carboxylic acids is 1. The van der Waals surface area contributed by atoms with Crippen LogP contribution in [0.1, 0.15) is 28.8 Å². The van der Waals surface area contributed by atoms with Gasteiger partial charge in [0.2, 0.25) is 0 Å². The largest absolute Gasteiger partial charge is 0.480 e. The van der Waals surface area contributed by atoms with Gasteiger partial charge in [0.25, 0.3) is 5.91 Å². The monoisotopic (exact) mass is 262 g/mol. The maximum absolute atomic E-state index is 12.2. The second kappa shape index (κ2) is 5.40. The van der Waals surface area contributed by atoms with Gasteiger partial charge in [-0.3, -0.25) is 4.79 Å². The second-order valence-corrected chi connectivity index (χ2v) is 4.85. The van der Waals surface area contributed by atoms with Crippen molar-refractivity contribution in [2.24, 2.45) is 0 Å². The van der Waals surface area contributed by atoms with E-state index >= 15 is 0 Å². The fourth-order valence-corrected chi connectivity index (χ4v) is 2.02. The minimum atomic E-state index is -1.03. The number of hydrogen-bond acceptors (Lipinski definition) is 3. The molecule has 1 aliphatic carbocycles. The number of hydrogen-bond donors (Lipinski definition) is 3. The summed E-state index contributed by atoms with van der Waals surface area (Å²) in [5.41, 5.74) is 0.452. The maximum Gasteiger partial charge on any atom is 0.329 e. The number of nitrogens with one attached hydrogen (secondary N) is 2. The number of benzene rings is 1. The second-order valence-electron chi connectivity index (χ2n) is 4.85. The van der Waals surface area contributed by atoms with Gasteiger partial charge in [-0.25, -0.2) is 4.79 Å². The Bertz CT molecular complexity index is 495. The third-order valence-corrected chi connectivity index (χ3v) is 3.42. The van der Waals surface area contributed by atoms with Gasteiger partial charge in [0, 0.05) is 5.56 Å². The van der Waals surface area contributed by atoms with Crippen molar-refractivity contribution in [1.82, 2.24) is 10.6 Å². The summed E-state index contributed by atoms with van der Waals surface area (Å²) in [4.78, 5) is 23.3. The molecular weight excluding hydrogens is 244 g/mol. The minimum absolute atomic E-state index is 0.299. The zero-order chi connectivity index (χ0) is 13.9. The van der Waals surface area contributed by atoms with Crippen LogP contribution in [0, 0.1) is 0 Å². The number of likely N-dealkylation sites (N-methyl/N-ethyl adjacent to an activating group) is 1. The van der Waals surface area contributed by atoms with E-state index in [0.29, 0.717) is 18.4 Å². The van der Waals surface area contributed by atoms with E-state index in [2.05, 4.69) is 10.6 Å². The van der Waals surface area contributed by atoms with Crippen molar-refractivity contribution in [1.29, 1.82) is 0 Å². The molecule has 0 bridgehead atoms. The van der Waals surface area contributed by atoms with E-state index < -0.39 is 11.5 Å². The molecule has 1 fully saturated rings. The molecular formula is C14H18N2O3. The van der Waals surface area contributed by atoms with Gasteiger partial charge in [-0.05, 0) is 44.5 Å². The smallest absolute Gasteiger partial charge is 0.329 e.